The van der Waals surface area contributed by atoms with Crippen molar-refractivity contribution < 1.29 is 36.2 Å². The molecule has 0 aromatic carbocycles. The first-order valence-corrected chi connectivity index (χ1v) is 5.05. The van der Waals surface area contributed by atoms with Gasteiger partial charge in [-0.15, -0.1) is 0 Å². The van der Waals surface area contributed by atoms with E-state index in [-0.39, 0.29) is 6.61 Å². The van der Waals surface area contributed by atoms with Crippen LogP contribution in [0.2, 0.25) is 0 Å². The number of quaternary nitrogens is 2. The van der Waals surface area contributed by atoms with Gasteiger partial charge in [0.2, 0.25) is 6.23 Å². The summed E-state index contributed by atoms with van der Waals surface area (Å²) in [5.74, 6) is 0. The van der Waals surface area contributed by atoms with Crippen LogP contribution in [0.5, 0.6) is 0 Å². The van der Waals surface area contributed by atoms with Gasteiger partial charge < -0.3 is 36.2 Å². The Bertz CT molecular complexity index is 192. The summed E-state index contributed by atoms with van der Waals surface area (Å²) >= 11 is 0. The summed E-state index contributed by atoms with van der Waals surface area (Å²) in [7, 11) is 0. The zero-order chi connectivity index (χ0) is 11.4. The van der Waals surface area contributed by atoms with E-state index in [0.717, 1.165) is 0 Å². The molecule has 0 aromatic rings. The highest BCUT2D eigenvalue weighted by Crippen LogP contribution is 2.17. The molecule has 1 aliphatic heterocycles. The summed E-state index contributed by atoms with van der Waals surface area (Å²) < 4.78 is 5.24. The summed E-state index contributed by atoms with van der Waals surface area (Å²) in [6.07, 6.45) is -5.22. The van der Waals surface area contributed by atoms with Crippen LogP contribution in [-0.2, 0) is 4.74 Å². The van der Waals surface area contributed by atoms with Crippen molar-refractivity contribution in [3.63, 3.8) is 0 Å². The van der Waals surface area contributed by atoms with Crippen molar-refractivity contribution in [2.45, 2.75) is 30.6 Å². The lowest BCUT2D eigenvalue weighted by atomic mass is 9.98. The zero-order valence-electron chi connectivity index (χ0n) is 8.49. The molecule has 0 bridgehead atoms. The van der Waals surface area contributed by atoms with Gasteiger partial charge in [0, 0.05) is 0 Å². The fourth-order valence-electron chi connectivity index (χ4n) is 1.61. The van der Waals surface area contributed by atoms with Crippen molar-refractivity contribution in [3.8, 4) is 0 Å². The fourth-order valence-corrected chi connectivity index (χ4v) is 1.61. The van der Waals surface area contributed by atoms with Crippen molar-refractivity contribution in [2.75, 3.05) is 19.7 Å². The second kappa shape index (κ2) is 5.71. The number of hydrogen-bond donors (Lipinski definition) is 6. The van der Waals surface area contributed by atoms with Crippen LogP contribution in [-0.4, -0.2) is 70.8 Å². The van der Waals surface area contributed by atoms with Gasteiger partial charge in [-0.25, -0.2) is 0 Å². The monoisotopic (exact) mass is 224 g/mol. The zero-order valence-corrected chi connectivity index (χ0v) is 8.49. The number of aliphatic hydroxyl groups excluding tert-OH is 4. The van der Waals surface area contributed by atoms with Gasteiger partial charge in [0.05, 0.1) is 6.61 Å². The molecule has 1 rings (SSSR count). The fraction of sp³-hybridized carbons (Fsp3) is 1.00. The summed E-state index contributed by atoms with van der Waals surface area (Å²) in [5.41, 5.74) is 3.64. The van der Waals surface area contributed by atoms with E-state index in [1.807, 2.05) is 0 Å². The molecule has 7 heteroatoms. The average Bonchev–Trinajstić information content (AvgIpc) is 2.25. The van der Waals surface area contributed by atoms with Crippen LogP contribution >= 0.6 is 0 Å². The molecule has 0 spiro atoms. The van der Waals surface area contributed by atoms with E-state index in [0.29, 0.717) is 13.1 Å². The summed E-state index contributed by atoms with van der Waals surface area (Å²) in [6.45, 7) is 0.914. The molecule has 1 fully saturated rings. The molecule has 90 valence electrons. The quantitative estimate of drug-likeness (QED) is 0.283. The van der Waals surface area contributed by atoms with Gasteiger partial charge in [0.25, 0.3) is 0 Å². The summed E-state index contributed by atoms with van der Waals surface area (Å²) in [5, 5.41) is 39.1. The molecule has 7 nitrogen and oxygen atoms in total. The maximum atomic E-state index is 9.58. The molecule has 1 aliphatic rings. The van der Waals surface area contributed by atoms with Crippen LogP contribution in [0, 0.1) is 0 Å². The lowest BCUT2D eigenvalue weighted by molar-refractivity contribution is -0.751. The topological polar surface area (TPSA) is 134 Å². The van der Waals surface area contributed by atoms with Gasteiger partial charge in [0.1, 0.15) is 31.4 Å². The molecule has 0 saturated carbocycles. The lowest BCUT2D eigenvalue weighted by Gasteiger charge is -2.37. The molecule has 1 heterocycles. The molecule has 0 aromatic heterocycles. The largest absolute Gasteiger partial charge is 0.394 e. The normalized spacial score (nSPS) is 41.8. The Morgan fingerprint density at radius 2 is 1.80 bits per heavy atom. The number of ether oxygens (including phenoxy) is 1. The first-order valence-electron chi connectivity index (χ1n) is 5.05. The highest BCUT2D eigenvalue weighted by molar-refractivity contribution is 4.87. The molecule has 0 radical (unpaired) electrons. The minimum atomic E-state index is -1.29. The minimum Gasteiger partial charge on any atom is -0.394 e. The summed E-state index contributed by atoms with van der Waals surface area (Å²) in [4.78, 5) is 0. The highest BCUT2D eigenvalue weighted by Gasteiger charge is 2.45. The molecule has 5 atom stereocenters. The van der Waals surface area contributed by atoms with E-state index in [2.05, 4.69) is 5.73 Å². The van der Waals surface area contributed by atoms with Gasteiger partial charge in [-0.3, -0.25) is 0 Å². The first-order chi connectivity index (χ1) is 7.11. The predicted molar refractivity (Wildman–Crippen MR) is 48.3 cm³/mol. The molecule has 0 amide bonds. The number of rotatable bonds is 4. The molecule has 9 N–H and O–H groups in total. The van der Waals surface area contributed by atoms with E-state index in [9.17, 15) is 15.3 Å². The molecule has 0 unspecified atom stereocenters. The molecular formula is C8H20N2O5+2. The third kappa shape index (κ3) is 2.85. The van der Waals surface area contributed by atoms with Crippen molar-refractivity contribution in [3.05, 3.63) is 0 Å². The van der Waals surface area contributed by atoms with Crippen LogP contribution in [0.25, 0.3) is 0 Å². The van der Waals surface area contributed by atoms with Crippen molar-refractivity contribution in [2.24, 2.45) is 0 Å². The Morgan fingerprint density at radius 3 is 2.33 bits per heavy atom. The van der Waals surface area contributed by atoms with Gasteiger partial charge in [-0.2, -0.15) is 0 Å². The minimum absolute atomic E-state index is 0.389. The average molecular weight is 224 g/mol. The smallest absolute Gasteiger partial charge is 0.220 e. The molecule has 15 heavy (non-hydrogen) atoms. The number of hydrogen-bond acceptors (Lipinski definition) is 5. The Balaban J connectivity index is 2.57. The van der Waals surface area contributed by atoms with E-state index in [1.54, 1.807) is 5.32 Å². The van der Waals surface area contributed by atoms with E-state index >= 15 is 0 Å². The maximum Gasteiger partial charge on any atom is 0.220 e. The highest BCUT2D eigenvalue weighted by atomic mass is 16.6. The van der Waals surface area contributed by atoms with Crippen molar-refractivity contribution >= 4 is 0 Å². The Labute approximate surface area is 87.5 Å². The SMILES string of the molecule is [NH3+]CC[NH2+][C@@H]1O[C@@H](CO)[C@@H](O)[C@@H](O)[C@H]1O. The van der Waals surface area contributed by atoms with Gasteiger partial charge in [-0.05, 0) is 0 Å². The molecular weight excluding hydrogens is 204 g/mol. The first kappa shape index (κ1) is 12.8. The van der Waals surface area contributed by atoms with Crippen LogP contribution in [0.3, 0.4) is 0 Å². The maximum absolute atomic E-state index is 9.58. The van der Waals surface area contributed by atoms with Crippen molar-refractivity contribution in [1.29, 1.82) is 0 Å². The Morgan fingerprint density at radius 1 is 1.13 bits per heavy atom. The third-order valence-corrected chi connectivity index (χ3v) is 2.53. The van der Waals surface area contributed by atoms with Crippen molar-refractivity contribution in [1.82, 2.24) is 0 Å². The van der Waals surface area contributed by atoms with Gasteiger partial charge in [-0.1, -0.05) is 0 Å². The number of aliphatic hydroxyl groups is 4. The van der Waals surface area contributed by atoms with Crippen LogP contribution in [0.4, 0.5) is 0 Å². The Kier molecular flexibility index (Phi) is 4.87. The number of nitrogens with two attached hydrogens (primary N) is 1. The molecule has 0 aliphatic carbocycles. The molecule has 1 saturated heterocycles. The van der Waals surface area contributed by atoms with Crippen LogP contribution < -0.4 is 11.1 Å². The lowest BCUT2D eigenvalue weighted by Crippen LogP contribution is -2.97. The van der Waals surface area contributed by atoms with E-state index in [1.165, 1.54) is 0 Å². The second-order valence-electron chi connectivity index (χ2n) is 3.67. The van der Waals surface area contributed by atoms with E-state index < -0.39 is 30.6 Å². The van der Waals surface area contributed by atoms with E-state index in [4.69, 9.17) is 9.84 Å². The van der Waals surface area contributed by atoms with Gasteiger partial charge >= 0.3 is 0 Å². The third-order valence-electron chi connectivity index (χ3n) is 2.53. The standard InChI is InChI=1S/C8H18N2O5/c9-1-2-10-8-7(14)6(13)5(12)4(3-11)15-8/h4-8,10-14H,1-3,9H2/p+2/t4-,5+,6+,7+,8+/m0/s1. The second-order valence-corrected chi connectivity index (χ2v) is 3.67. The van der Waals surface area contributed by atoms with Crippen LogP contribution in [0.15, 0.2) is 0 Å². The van der Waals surface area contributed by atoms with Gasteiger partial charge in [0.15, 0.2) is 6.10 Å². The summed E-state index contributed by atoms with van der Waals surface area (Å²) in [6, 6.07) is 0. The van der Waals surface area contributed by atoms with Crippen LogP contribution in [0.1, 0.15) is 0 Å². The predicted octanol–water partition coefficient (Wildman–Crippen LogP) is -5.41. The Hall–Kier alpha value is -0.280.